The van der Waals surface area contributed by atoms with Crippen LogP contribution >= 0.6 is 24.0 Å². The molecule has 10 heteroatoms. The fourth-order valence-corrected chi connectivity index (χ4v) is 5.37. The lowest BCUT2D eigenvalue weighted by Crippen LogP contribution is -2.41. The molecule has 3 rings (SSSR count). The van der Waals surface area contributed by atoms with Crippen molar-refractivity contribution in [3.63, 3.8) is 0 Å². The van der Waals surface area contributed by atoms with E-state index in [2.05, 4.69) is 17.9 Å². The highest BCUT2D eigenvalue weighted by Gasteiger charge is 2.33. The third kappa shape index (κ3) is 5.71. The molecular weight excluding hydrogens is 472 g/mol. The second-order valence-electron chi connectivity index (χ2n) is 8.14. The molecule has 184 valence electrons. The summed E-state index contributed by atoms with van der Waals surface area (Å²) in [5, 5.41) is 9.78. The summed E-state index contributed by atoms with van der Waals surface area (Å²) in [7, 11) is 0. The summed E-state index contributed by atoms with van der Waals surface area (Å²) < 4.78 is 13.1. The van der Waals surface area contributed by atoms with E-state index >= 15 is 0 Å². The Morgan fingerprint density at radius 1 is 1.21 bits per heavy atom. The molecule has 0 atom stereocenters. The summed E-state index contributed by atoms with van der Waals surface area (Å²) in [4.78, 5) is 30.7. The highest BCUT2D eigenvalue weighted by Crippen LogP contribution is 2.36. The Labute approximate surface area is 210 Å². The van der Waals surface area contributed by atoms with Crippen LogP contribution in [0.3, 0.4) is 0 Å². The Bertz CT molecular complexity index is 1050. The van der Waals surface area contributed by atoms with Gasteiger partial charge < -0.3 is 14.4 Å². The highest BCUT2D eigenvalue weighted by molar-refractivity contribution is 8.26. The van der Waals surface area contributed by atoms with Gasteiger partial charge in [0.1, 0.15) is 21.8 Å². The summed E-state index contributed by atoms with van der Waals surface area (Å²) in [5.74, 6) is 0.600. The molecule has 0 radical (unpaired) electrons. The molecule has 2 fully saturated rings. The topological polar surface area (TPSA) is 87.8 Å². The second-order valence-corrected chi connectivity index (χ2v) is 9.82. The summed E-state index contributed by atoms with van der Waals surface area (Å²) in [5.41, 5.74) is 1.15. The quantitative estimate of drug-likeness (QED) is 0.273. The number of amides is 1. The van der Waals surface area contributed by atoms with E-state index in [1.807, 2.05) is 13.0 Å². The van der Waals surface area contributed by atoms with Gasteiger partial charge in [-0.05, 0) is 38.3 Å². The number of hydrogen-bond acceptors (Lipinski definition) is 8. The molecule has 0 aliphatic carbocycles. The van der Waals surface area contributed by atoms with Crippen molar-refractivity contribution in [2.45, 2.75) is 46.6 Å². The summed E-state index contributed by atoms with van der Waals surface area (Å²) in [6, 6.07) is 2.10. The fourth-order valence-electron chi connectivity index (χ4n) is 4.08. The summed E-state index contributed by atoms with van der Waals surface area (Å²) in [6.07, 6.45) is 4.24. The van der Waals surface area contributed by atoms with Gasteiger partial charge in [0.2, 0.25) is 0 Å². The second kappa shape index (κ2) is 12.5. The van der Waals surface area contributed by atoms with Crippen LogP contribution in [0.4, 0.5) is 5.82 Å². The van der Waals surface area contributed by atoms with Crippen LogP contribution in [0, 0.1) is 18.3 Å². The van der Waals surface area contributed by atoms with Crippen molar-refractivity contribution in [2.24, 2.45) is 0 Å². The van der Waals surface area contributed by atoms with Gasteiger partial charge in [-0.1, -0.05) is 37.3 Å². The minimum absolute atomic E-state index is 0.117. The monoisotopic (exact) mass is 504 g/mol. The van der Waals surface area contributed by atoms with Gasteiger partial charge in [-0.3, -0.25) is 19.1 Å². The number of nitrogens with zero attached hydrogens (tertiary/aromatic N) is 4. The number of carbonyl (C=O) groups excluding carboxylic acids is 1. The van der Waals surface area contributed by atoms with E-state index in [4.69, 9.17) is 21.7 Å². The lowest BCUT2D eigenvalue weighted by Gasteiger charge is -2.33. The number of thiocarbonyl (C=S) groups is 1. The number of pyridine rings is 1. The average Bonchev–Trinajstić information content (AvgIpc) is 3.10. The number of carbonyl (C=O) groups is 1. The normalized spacial score (nSPS) is 17.6. The van der Waals surface area contributed by atoms with Crippen molar-refractivity contribution in [2.75, 3.05) is 51.0 Å². The average molecular weight is 505 g/mol. The minimum Gasteiger partial charge on any atom is -0.382 e. The zero-order chi connectivity index (χ0) is 24.7. The molecule has 0 bridgehead atoms. The molecular formula is C24H32N4O4S2. The smallest absolute Gasteiger partial charge is 0.270 e. The maximum atomic E-state index is 13.3. The number of aromatic nitrogens is 1. The van der Waals surface area contributed by atoms with Gasteiger partial charge in [0.25, 0.3) is 11.5 Å². The molecule has 0 aromatic carbocycles. The zero-order valence-corrected chi connectivity index (χ0v) is 21.7. The van der Waals surface area contributed by atoms with Crippen LogP contribution in [0.2, 0.25) is 0 Å². The first kappa shape index (κ1) is 26.4. The van der Waals surface area contributed by atoms with E-state index in [9.17, 15) is 14.9 Å². The van der Waals surface area contributed by atoms with Crippen molar-refractivity contribution < 1.29 is 14.3 Å². The number of ether oxygens (including phenoxy) is 2. The molecule has 2 saturated heterocycles. The first-order valence-corrected chi connectivity index (χ1v) is 13.0. The Morgan fingerprint density at radius 2 is 1.94 bits per heavy atom. The number of unbranched alkanes of at least 4 members (excludes halogenated alkanes) is 1. The van der Waals surface area contributed by atoms with Crippen LogP contribution in [0.25, 0.3) is 6.08 Å². The van der Waals surface area contributed by atoms with E-state index < -0.39 is 0 Å². The summed E-state index contributed by atoms with van der Waals surface area (Å²) >= 11 is 6.74. The first-order chi connectivity index (χ1) is 16.4. The minimum atomic E-state index is -0.282. The number of nitriles is 1. The predicted molar refractivity (Wildman–Crippen MR) is 139 cm³/mol. The van der Waals surface area contributed by atoms with Crippen LogP contribution < -0.4 is 10.5 Å². The van der Waals surface area contributed by atoms with Crippen molar-refractivity contribution in [3.8, 4) is 6.07 Å². The Kier molecular flexibility index (Phi) is 9.71. The largest absolute Gasteiger partial charge is 0.382 e. The van der Waals surface area contributed by atoms with E-state index in [0.29, 0.717) is 73.8 Å². The predicted octanol–water partition coefficient (Wildman–Crippen LogP) is 3.29. The van der Waals surface area contributed by atoms with Gasteiger partial charge in [0.15, 0.2) is 0 Å². The van der Waals surface area contributed by atoms with Crippen molar-refractivity contribution >= 4 is 46.1 Å². The number of rotatable bonds is 10. The van der Waals surface area contributed by atoms with Gasteiger partial charge in [0.05, 0.1) is 18.1 Å². The zero-order valence-electron chi connectivity index (χ0n) is 20.1. The molecule has 2 aliphatic rings. The third-order valence-corrected chi connectivity index (χ3v) is 7.29. The number of morpholine rings is 1. The standard InChI is InChI=1S/C24H32N4O4S2/c1-4-6-8-27-21(26-10-13-32-14-11-26)18(17(3)19(16-25)22(27)29)15-20-23(30)28(24(33)34-20)9-7-12-31-5-2/h15H,4-14H2,1-3H3. The van der Waals surface area contributed by atoms with Crippen molar-refractivity contribution in [1.29, 1.82) is 5.26 Å². The van der Waals surface area contributed by atoms with E-state index in [1.165, 1.54) is 11.8 Å². The van der Waals surface area contributed by atoms with Gasteiger partial charge in [-0.25, -0.2) is 0 Å². The van der Waals surface area contributed by atoms with E-state index in [0.717, 1.165) is 24.2 Å². The molecule has 34 heavy (non-hydrogen) atoms. The van der Waals surface area contributed by atoms with Crippen molar-refractivity contribution in [1.82, 2.24) is 9.47 Å². The van der Waals surface area contributed by atoms with Gasteiger partial charge in [-0.15, -0.1) is 0 Å². The Balaban J connectivity index is 2.08. The highest BCUT2D eigenvalue weighted by atomic mass is 32.2. The Hall–Kier alpha value is -2.19. The molecule has 0 N–H and O–H groups in total. The maximum absolute atomic E-state index is 13.3. The molecule has 8 nitrogen and oxygen atoms in total. The summed E-state index contributed by atoms with van der Waals surface area (Å²) in [6.45, 7) is 10.4. The molecule has 1 aromatic rings. The number of anilines is 1. The van der Waals surface area contributed by atoms with Gasteiger partial charge in [0, 0.05) is 45.0 Å². The molecule has 0 spiro atoms. The lowest BCUT2D eigenvalue weighted by molar-refractivity contribution is -0.122. The molecule has 1 aromatic heterocycles. The molecule has 3 heterocycles. The number of hydrogen-bond donors (Lipinski definition) is 0. The third-order valence-electron chi connectivity index (χ3n) is 5.92. The lowest BCUT2D eigenvalue weighted by atomic mass is 10.0. The maximum Gasteiger partial charge on any atom is 0.270 e. The SMILES string of the molecule is CCCCn1c(N2CCOCC2)c(C=C2SC(=S)N(CCCOCC)C2=O)c(C)c(C#N)c1=O. The van der Waals surface area contributed by atoms with E-state index in [-0.39, 0.29) is 17.0 Å². The molecule has 2 aliphatic heterocycles. The van der Waals surface area contributed by atoms with Crippen LogP contribution in [0.1, 0.15) is 49.8 Å². The van der Waals surface area contributed by atoms with E-state index in [1.54, 1.807) is 16.4 Å². The van der Waals surface area contributed by atoms with Crippen LogP contribution in [-0.2, 0) is 20.8 Å². The number of thioether (sulfide) groups is 1. The van der Waals surface area contributed by atoms with Crippen molar-refractivity contribution in [3.05, 3.63) is 31.9 Å². The van der Waals surface area contributed by atoms with Crippen LogP contribution in [-0.4, -0.2) is 65.8 Å². The first-order valence-electron chi connectivity index (χ1n) is 11.8. The van der Waals surface area contributed by atoms with Crippen LogP contribution in [0.15, 0.2) is 9.70 Å². The van der Waals surface area contributed by atoms with Gasteiger partial charge in [-0.2, -0.15) is 5.26 Å². The molecule has 0 saturated carbocycles. The Morgan fingerprint density at radius 3 is 2.59 bits per heavy atom. The fraction of sp³-hybridized carbons (Fsp3) is 0.583. The molecule has 0 unspecified atom stereocenters. The molecule has 1 amide bonds. The van der Waals surface area contributed by atoms with Crippen LogP contribution in [0.5, 0.6) is 0 Å². The van der Waals surface area contributed by atoms with Gasteiger partial charge >= 0.3 is 0 Å².